The smallest absolute Gasteiger partial charge is 0.126 e. The van der Waals surface area contributed by atoms with E-state index in [9.17, 15) is 4.39 Å². The molecule has 1 aromatic carbocycles. The van der Waals surface area contributed by atoms with Crippen molar-refractivity contribution in [3.8, 4) is 0 Å². The van der Waals surface area contributed by atoms with Crippen molar-refractivity contribution in [1.82, 2.24) is 0 Å². The largest absolute Gasteiger partial charge is 0.381 e. The molecule has 1 aromatic rings. The second kappa shape index (κ2) is 4.15. The average molecular weight is 223 g/mol. The summed E-state index contributed by atoms with van der Waals surface area (Å²) in [7, 11) is 0. The van der Waals surface area contributed by atoms with Crippen molar-refractivity contribution in [2.75, 3.05) is 13.2 Å². The monoisotopic (exact) mass is 223 g/mol. The Kier molecular flexibility index (Phi) is 3.00. The van der Waals surface area contributed by atoms with Gasteiger partial charge in [0.15, 0.2) is 0 Å². The molecular formula is C13H18FNO. The zero-order valence-electron chi connectivity index (χ0n) is 9.79. The molecule has 2 nitrogen and oxygen atoms in total. The minimum Gasteiger partial charge on any atom is -0.381 e. The Morgan fingerprint density at radius 3 is 2.81 bits per heavy atom. The van der Waals surface area contributed by atoms with Gasteiger partial charge in [0.05, 0.1) is 6.61 Å². The molecule has 2 N–H and O–H groups in total. The molecule has 0 amide bonds. The van der Waals surface area contributed by atoms with Gasteiger partial charge >= 0.3 is 0 Å². The number of nitrogens with two attached hydrogens (primary N) is 1. The van der Waals surface area contributed by atoms with Crippen LogP contribution in [0.1, 0.15) is 24.5 Å². The van der Waals surface area contributed by atoms with Crippen LogP contribution < -0.4 is 5.73 Å². The number of ether oxygens (including phenoxy) is 1. The fourth-order valence-corrected chi connectivity index (χ4v) is 2.17. The number of benzene rings is 1. The quantitative estimate of drug-likeness (QED) is 0.835. The Morgan fingerprint density at radius 2 is 2.25 bits per heavy atom. The summed E-state index contributed by atoms with van der Waals surface area (Å²) in [6.07, 6.45) is 0.947. The number of hydrogen-bond donors (Lipinski definition) is 1. The maximum atomic E-state index is 13.5. The number of hydrogen-bond acceptors (Lipinski definition) is 2. The van der Waals surface area contributed by atoms with E-state index in [4.69, 9.17) is 10.5 Å². The average Bonchev–Trinajstić information content (AvgIpc) is 2.75. The minimum atomic E-state index is -0.509. The van der Waals surface area contributed by atoms with Crippen molar-refractivity contribution >= 4 is 0 Å². The molecule has 88 valence electrons. The van der Waals surface area contributed by atoms with Crippen LogP contribution in [0.3, 0.4) is 0 Å². The van der Waals surface area contributed by atoms with E-state index in [1.165, 1.54) is 0 Å². The first-order chi connectivity index (χ1) is 7.51. The van der Waals surface area contributed by atoms with Crippen LogP contribution in [-0.2, 0) is 10.3 Å². The molecule has 0 aliphatic carbocycles. The van der Waals surface area contributed by atoms with Crippen LogP contribution in [0.25, 0.3) is 0 Å². The second-order valence-electron chi connectivity index (χ2n) is 4.81. The first kappa shape index (κ1) is 11.6. The van der Waals surface area contributed by atoms with Crippen molar-refractivity contribution in [1.29, 1.82) is 0 Å². The second-order valence-corrected chi connectivity index (χ2v) is 4.81. The van der Waals surface area contributed by atoms with Crippen molar-refractivity contribution in [2.24, 2.45) is 11.7 Å². The van der Waals surface area contributed by atoms with Crippen LogP contribution in [0.4, 0.5) is 4.39 Å². The van der Waals surface area contributed by atoms with Gasteiger partial charge in [-0.05, 0) is 37.5 Å². The van der Waals surface area contributed by atoms with E-state index in [0.717, 1.165) is 18.6 Å². The van der Waals surface area contributed by atoms with E-state index in [-0.39, 0.29) is 11.7 Å². The van der Waals surface area contributed by atoms with Gasteiger partial charge < -0.3 is 10.5 Å². The lowest BCUT2D eigenvalue weighted by Gasteiger charge is -2.31. The molecule has 16 heavy (non-hydrogen) atoms. The summed E-state index contributed by atoms with van der Waals surface area (Å²) in [6.45, 7) is 5.14. The van der Waals surface area contributed by atoms with Crippen LogP contribution in [0, 0.1) is 18.7 Å². The highest BCUT2D eigenvalue weighted by Gasteiger charge is 2.34. The Bertz CT molecular complexity index is 384. The fourth-order valence-electron chi connectivity index (χ4n) is 2.17. The van der Waals surface area contributed by atoms with Gasteiger partial charge in [0, 0.05) is 18.1 Å². The molecule has 2 unspecified atom stereocenters. The highest BCUT2D eigenvalue weighted by atomic mass is 19.1. The van der Waals surface area contributed by atoms with E-state index in [1.807, 2.05) is 13.0 Å². The van der Waals surface area contributed by atoms with Crippen LogP contribution in [0.5, 0.6) is 0 Å². The maximum absolute atomic E-state index is 13.5. The van der Waals surface area contributed by atoms with Crippen LogP contribution in [-0.4, -0.2) is 13.2 Å². The maximum Gasteiger partial charge on any atom is 0.126 e. The standard InChI is InChI=1S/C13H18FNO/c1-9-3-4-10(7-12(9)14)13(2,15)11-5-6-16-8-11/h3-4,7,11H,5-6,8,15H2,1-2H3. The normalized spacial score (nSPS) is 24.4. The molecule has 1 heterocycles. The summed E-state index contributed by atoms with van der Waals surface area (Å²) in [5, 5.41) is 0. The molecule has 0 spiro atoms. The van der Waals surface area contributed by atoms with E-state index < -0.39 is 5.54 Å². The van der Waals surface area contributed by atoms with Gasteiger partial charge in [-0.3, -0.25) is 0 Å². The van der Waals surface area contributed by atoms with Gasteiger partial charge in [0.2, 0.25) is 0 Å². The SMILES string of the molecule is Cc1ccc(C(C)(N)C2CCOC2)cc1F. The molecule has 1 fully saturated rings. The molecule has 0 aromatic heterocycles. The molecule has 0 radical (unpaired) electrons. The van der Waals surface area contributed by atoms with Crippen LogP contribution >= 0.6 is 0 Å². The molecule has 1 aliphatic heterocycles. The number of rotatable bonds is 2. The van der Waals surface area contributed by atoms with E-state index in [2.05, 4.69) is 0 Å². The molecule has 0 bridgehead atoms. The van der Waals surface area contributed by atoms with Crippen molar-refractivity contribution in [3.63, 3.8) is 0 Å². The Hall–Kier alpha value is -0.930. The zero-order chi connectivity index (χ0) is 11.8. The van der Waals surface area contributed by atoms with Gasteiger partial charge in [-0.2, -0.15) is 0 Å². The first-order valence-electron chi connectivity index (χ1n) is 5.65. The summed E-state index contributed by atoms with van der Waals surface area (Å²) >= 11 is 0. The highest BCUT2D eigenvalue weighted by molar-refractivity contribution is 5.29. The Morgan fingerprint density at radius 1 is 1.50 bits per heavy atom. The summed E-state index contributed by atoms with van der Waals surface area (Å²) in [4.78, 5) is 0. The number of halogens is 1. The van der Waals surface area contributed by atoms with Gasteiger partial charge in [0.25, 0.3) is 0 Å². The van der Waals surface area contributed by atoms with Gasteiger partial charge in [-0.1, -0.05) is 12.1 Å². The molecule has 1 aliphatic rings. The predicted molar refractivity (Wildman–Crippen MR) is 61.6 cm³/mol. The minimum absolute atomic E-state index is 0.187. The van der Waals surface area contributed by atoms with Gasteiger partial charge in [-0.15, -0.1) is 0 Å². The zero-order valence-corrected chi connectivity index (χ0v) is 9.79. The van der Waals surface area contributed by atoms with Gasteiger partial charge in [0.1, 0.15) is 5.82 Å². The Labute approximate surface area is 95.6 Å². The van der Waals surface area contributed by atoms with Crippen molar-refractivity contribution in [3.05, 3.63) is 35.1 Å². The molecule has 0 saturated carbocycles. The molecular weight excluding hydrogens is 205 g/mol. The summed E-state index contributed by atoms with van der Waals surface area (Å²) < 4.78 is 18.9. The van der Waals surface area contributed by atoms with E-state index >= 15 is 0 Å². The van der Waals surface area contributed by atoms with Crippen LogP contribution in [0.15, 0.2) is 18.2 Å². The third-order valence-corrected chi connectivity index (χ3v) is 3.57. The molecule has 2 atom stereocenters. The number of aryl methyl sites for hydroxylation is 1. The summed E-state index contributed by atoms with van der Waals surface area (Å²) in [5.74, 6) is 0.0858. The summed E-state index contributed by atoms with van der Waals surface area (Å²) in [5.41, 5.74) is 7.31. The van der Waals surface area contributed by atoms with Crippen molar-refractivity contribution in [2.45, 2.75) is 25.8 Å². The fraction of sp³-hybridized carbons (Fsp3) is 0.538. The van der Waals surface area contributed by atoms with Crippen LogP contribution in [0.2, 0.25) is 0 Å². The third-order valence-electron chi connectivity index (χ3n) is 3.57. The molecule has 3 heteroatoms. The van der Waals surface area contributed by atoms with Gasteiger partial charge in [-0.25, -0.2) is 4.39 Å². The predicted octanol–water partition coefficient (Wildman–Crippen LogP) is 2.34. The lowest BCUT2D eigenvalue weighted by molar-refractivity contribution is 0.166. The lowest BCUT2D eigenvalue weighted by atomic mass is 9.80. The highest BCUT2D eigenvalue weighted by Crippen LogP contribution is 2.33. The lowest BCUT2D eigenvalue weighted by Crippen LogP contribution is -2.41. The third kappa shape index (κ3) is 1.97. The first-order valence-corrected chi connectivity index (χ1v) is 5.65. The van der Waals surface area contributed by atoms with E-state index in [1.54, 1.807) is 19.1 Å². The molecule has 2 rings (SSSR count). The van der Waals surface area contributed by atoms with E-state index in [0.29, 0.717) is 12.2 Å². The Balaban J connectivity index is 2.30. The topological polar surface area (TPSA) is 35.2 Å². The summed E-state index contributed by atoms with van der Waals surface area (Å²) in [6, 6.07) is 5.25. The van der Waals surface area contributed by atoms with Crippen molar-refractivity contribution < 1.29 is 9.13 Å². The molecule has 1 saturated heterocycles.